The van der Waals surface area contributed by atoms with Gasteiger partial charge in [-0.25, -0.2) is 0 Å². The number of rotatable bonds is 11. The van der Waals surface area contributed by atoms with E-state index in [-0.39, 0.29) is 11.1 Å². The summed E-state index contributed by atoms with van der Waals surface area (Å²) in [4.78, 5) is 49.4. The van der Waals surface area contributed by atoms with Crippen molar-refractivity contribution in [3.63, 3.8) is 0 Å². The predicted molar refractivity (Wildman–Crippen MR) is 118 cm³/mol. The number of fused-ring (bicyclic) bond motifs is 1. The summed E-state index contributed by atoms with van der Waals surface area (Å²) < 4.78 is 16.0. The van der Waals surface area contributed by atoms with Gasteiger partial charge in [0.1, 0.15) is 6.54 Å². The van der Waals surface area contributed by atoms with Gasteiger partial charge in [0, 0.05) is 6.54 Å². The summed E-state index contributed by atoms with van der Waals surface area (Å²) in [6.45, 7) is 4.09. The molecule has 0 spiro atoms. The van der Waals surface area contributed by atoms with Crippen LogP contribution in [0.5, 0.6) is 11.5 Å². The van der Waals surface area contributed by atoms with Crippen LogP contribution in [0.25, 0.3) is 0 Å². The summed E-state index contributed by atoms with van der Waals surface area (Å²) in [6, 6.07) is 11.9. The zero-order valence-corrected chi connectivity index (χ0v) is 18.6. The van der Waals surface area contributed by atoms with Crippen LogP contribution in [0.4, 0.5) is 0 Å². The van der Waals surface area contributed by atoms with Gasteiger partial charge in [-0.1, -0.05) is 18.2 Å². The van der Waals surface area contributed by atoms with Crippen molar-refractivity contribution < 1.29 is 33.4 Å². The monoisotopic (exact) mass is 454 g/mol. The minimum Gasteiger partial charge on any atom is -0.490 e. The third-order valence-corrected chi connectivity index (χ3v) is 4.87. The second kappa shape index (κ2) is 11.1. The summed E-state index contributed by atoms with van der Waals surface area (Å²) in [5, 5.41) is 2.67. The van der Waals surface area contributed by atoms with Gasteiger partial charge in [-0.05, 0) is 50.1 Å². The number of ether oxygens (including phenoxy) is 3. The maximum atomic E-state index is 12.3. The van der Waals surface area contributed by atoms with Crippen LogP contribution in [0.15, 0.2) is 42.5 Å². The zero-order valence-electron chi connectivity index (χ0n) is 18.6. The van der Waals surface area contributed by atoms with Crippen molar-refractivity contribution in [3.8, 4) is 11.5 Å². The molecule has 2 aromatic carbocycles. The van der Waals surface area contributed by atoms with E-state index in [0.717, 1.165) is 10.5 Å². The topological polar surface area (TPSA) is 111 Å². The number of amides is 3. The second-order valence-electron chi connectivity index (χ2n) is 7.15. The van der Waals surface area contributed by atoms with Crippen LogP contribution in [0.1, 0.15) is 40.1 Å². The molecule has 3 rings (SSSR count). The van der Waals surface area contributed by atoms with Gasteiger partial charge in [-0.2, -0.15) is 0 Å². The van der Waals surface area contributed by atoms with Crippen LogP contribution in [-0.2, 0) is 20.7 Å². The Morgan fingerprint density at radius 2 is 1.55 bits per heavy atom. The molecule has 0 fully saturated rings. The maximum Gasteiger partial charge on any atom is 0.326 e. The van der Waals surface area contributed by atoms with Crippen molar-refractivity contribution in [3.05, 3.63) is 59.2 Å². The smallest absolute Gasteiger partial charge is 0.326 e. The molecule has 9 nitrogen and oxygen atoms in total. The first-order valence-corrected chi connectivity index (χ1v) is 10.7. The van der Waals surface area contributed by atoms with E-state index in [9.17, 15) is 19.2 Å². The Balaban J connectivity index is 1.42. The molecular weight excluding hydrogens is 428 g/mol. The van der Waals surface area contributed by atoms with Crippen molar-refractivity contribution in [1.29, 1.82) is 0 Å². The first-order chi connectivity index (χ1) is 15.9. The molecule has 2 aromatic rings. The highest BCUT2D eigenvalue weighted by Crippen LogP contribution is 2.28. The molecule has 0 aromatic heterocycles. The fourth-order valence-corrected chi connectivity index (χ4v) is 3.35. The zero-order chi connectivity index (χ0) is 23.8. The average molecular weight is 454 g/mol. The summed E-state index contributed by atoms with van der Waals surface area (Å²) in [7, 11) is 0. The van der Waals surface area contributed by atoms with Gasteiger partial charge in [0.2, 0.25) is 0 Å². The van der Waals surface area contributed by atoms with Crippen LogP contribution in [0.3, 0.4) is 0 Å². The largest absolute Gasteiger partial charge is 0.490 e. The van der Waals surface area contributed by atoms with E-state index in [1.807, 2.05) is 32.0 Å². The molecule has 3 amide bonds. The Morgan fingerprint density at radius 1 is 0.909 bits per heavy atom. The van der Waals surface area contributed by atoms with Gasteiger partial charge in [0.15, 0.2) is 18.1 Å². The van der Waals surface area contributed by atoms with Gasteiger partial charge in [-0.15, -0.1) is 0 Å². The van der Waals surface area contributed by atoms with Gasteiger partial charge < -0.3 is 19.5 Å². The number of hydrogen-bond donors (Lipinski definition) is 1. The van der Waals surface area contributed by atoms with Crippen LogP contribution in [0, 0.1) is 0 Å². The highest BCUT2D eigenvalue weighted by Gasteiger charge is 2.36. The summed E-state index contributed by atoms with van der Waals surface area (Å²) in [5.41, 5.74) is 1.44. The van der Waals surface area contributed by atoms with E-state index in [2.05, 4.69) is 5.32 Å². The lowest BCUT2D eigenvalue weighted by Gasteiger charge is -2.13. The van der Waals surface area contributed by atoms with Crippen molar-refractivity contribution >= 4 is 23.7 Å². The first kappa shape index (κ1) is 23.8. The number of imide groups is 1. The number of hydrogen-bond acceptors (Lipinski definition) is 7. The van der Waals surface area contributed by atoms with E-state index in [0.29, 0.717) is 37.7 Å². The Bertz CT molecular complexity index is 1020. The molecule has 0 atom stereocenters. The van der Waals surface area contributed by atoms with E-state index < -0.39 is 36.8 Å². The fraction of sp³-hybridized carbons (Fsp3) is 0.333. The lowest BCUT2D eigenvalue weighted by atomic mass is 10.1. The highest BCUT2D eigenvalue weighted by atomic mass is 16.5. The van der Waals surface area contributed by atoms with E-state index >= 15 is 0 Å². The first-order valence-electron chi connectivity index (χ1n) is 10.7. The van der Waals surface area contributed by atoms with Crippen LogP contribution >= 0.6 is 0 Å². The molecule has 9 heteroatoms. The van der Waals surface area contributed by atoms with Crippen LogP contribution < -0.4 is 14.8 Å². The molecule has 33 heavy (non-hydrogen) atoms. The summed E-state index contributed by atoms with van der Waals surface area (Å²) >= 11 is 0. The average Bonchev–Trinajstić information content (AvgIpc) is 3.04. The standard InChI is InChI=1S/C24H26N2O7/c1-3-31-19-10-9-16(13-20(19)32-4-2)11-12-25-21(27)15-33-22(28)14-26-23(29)17-7-5-6-8-18(17)24(26)30/h5-10,13H,3-4,11-12,14-15H2,1-2H3,(H,25,27). The number of esters is 1. The Kier molecular flexibility index (Phi) is 8.01. The molecule has 1 heterocycles. The molecule has 0 aliphatic carbocycles. The van der Waals surface area contributed by atoms with Gasteiger partial charge in [-0.3, -0.25) is 24.1 Å². The van der Waals surface area contributed by atoms with Gasteiger partial charge in [0.05, 0.1) is 24.3 Å². The van der Waals surface area contributed by atoms with E-state index in [1.165, 1.54) is 12.1 Å². The molecule has 174 valence electrons. The third kappa shape index (κ3) is 5.88. The molecule has 0 radical (unpaired) electrons. The van der Waals surface area contributed by atoms with Crippen LogP contribution in [-0.4, -0.2) is 61.5 Å². The van der Waals surface area contributed by atoms with Crippen molar-refractivity contribution in [2.24, 2.45) is 0 Å². The minimum absolute atomic E-state index is 0.245. The van der Waals surface area contributed by atoms with Crippen LogP contribution in [0.2, 0.25) is 0 Å². The van der Waals surface area contributed by atoms with E-state index in [4.69, 9.17) is 14.2 Å². The maximum absolute atomic E-state index is 12.3. The number of carbonyl (C=O) groups excluding carboxylic acids is 4. The van der Waals surface area contributed by atoms with Crippen molar-refractivity contribution in [2.45, 2.75) is 20.3 Å². The lowest BCUT2D eigenvalue weighted by Crippen LogP contribution is -2.37. The van der Waals surface area contributed by atoms with E-state index in [1.54, 1.807) is 12.1 Å². The Morgan fingerprint density at radius 3 is 2.18 bits per heavy atom. The fourth-order valence-electron chi connectivity index (χ4n) is 3.35. The molecule has 1 aliphatic rings. The molecule has 0 saturated heterocycles. The molecule has 1 aliphatic heterocycles. The Hall–Kier alpha value is -3.88. The normalized spacial score (nSPS) is 12.4. The minimum atomic E-state index is -0.840. The Labute approximate surface area is 191 Å². The molecular formula is C24H26N2O7. The number of carbonyl (C=O) groups is 4. The summed E-state index contributed by atoms with van der Waals surface area (Å²) in [5.74, 6) is -1.13. The number of nitrogens with zero attached hydrogens (tertiary/aromatic N) is 1. The van der Waals surface area contributed by atoms with Crippen molar-refractivity contribution in [2.75, 3.05) is 32.9 Å². The van der Waals surface area contributed by atoms with Crippen molar-refractivity contribution in [1.82, 2.24) is 10.2 Å². The second-order valence-corrected chi connectivity index (χ2v) is 7.15. The predicted octanol–water partition coefficient (Wildman–Crippen LogP) is 1.98. The van der Waals surface area contributed by atoms with Gasteiger partial charge in [0.25, 0.3) is 17.7 Å². The third-order valence-electron chi connectivity index (χ3n) is 4.87. The molecule has 0 bridgehead atoms. The molecule has 0 unspecified atom stereocenters. The molecule has 1 N–H and O–H groups in total. The number of benzene rings is 2. The molecule has 0 saturated carbocycles. The quantitative estimate of drug-likeness (QED) is 0.408. The highest BCUT2D eigenvalue weighted by molar-refractivity contribution is 6.22. The lowest BCUT2D eigenvalue weighted by molar-refractivity contribution is -0.148. The SMILES string of the molecule is CCOc1ccc(CCNC(=O)COC(=O)CN2C(=O)c3ccccc3C2=O)cc1OCC. The van der Waals surface area contributed by atoms with Gasteiger partial charge >= 0.3 is 5.97 Å². The summed E-state index contributed by atoms with van der Waals surface area (Å²) in [6.07, 6.45) is 0.543. The number of nitrogens with one attached hydrogen (secondary N) is 1.